The number of aromatic nitrogens is 2. The fraction of sp³-hybridized carbons (Fsp3) is 0.615. The maximum Gasteiger partial charge on any atom is 0.240 e. The minimum absolute atomic E-state index is 0.0721. The summed E-state index contributed by atoms with van der Waals surface area (Å²) in [5.74, 6) is 0.663. The van der Waals surface area contributed by atoms with Crippen LogP contribution in [-0.2, 0) is 9.59 Å². The van der Waals surface area contributed by atoms with Gasteiger partial charge in [-0.3, -0.25) is 9.59 Å². The topological polar surface area (TPSA) is 78.1 Å². The van der Waals surface area contributed by atoms with E-state index in [0.29, 0.717) is 13.0 Å². The minimum atomic E-state index is -0.180. The van der Waals surface area contributed by atoms with E-state index < -0.39 is 0 Å². The first-order valence-electron chi connectivity index (χ1n) is 6.65. The molecule has 0 aromatic carbocycles. The second-order valence-corrected chi connectivity index (χ2v) is 5.01. The van der Waals surface area contributed by atoms with Crippen LogP contribution in [0.2, 0.25) is 0 Å². The highest BCUT2D eigenvalue weighted by Crippen LogP contribution is 2.11. The van der Waals surface area contributed by atoms with Gasteiger partial charge in [-0.25, -0.2) is 4.98 Å². The van der Waals surface area contributed by atoms with Crippen molar-refractivity contribution in [2.45, 2.75) is 39.2 Å². The third kappa shape index (κ3) is 3.56. The van der Waals surface area contributed by atoms with Crippen molar-refractivity contribution in [2.24, 2.45) is 0 Å². The summed E-state index contributed by atoms with van der Waals surface area (Å²) in [6, 6.07) is -0.180. The van der Waals surface area contributed by atoms with E-state index >= 15 is 0 Å². The number of nitrogens with one attached hydrogen (secondary N) is 2. The lowest BCUT2D eigenvalue weighted by molar-refractivity contribution is -0.138. The molecule has 1 aliphatic heterocycles. The smallest absolute Gasteiger partial charge is 0.240 e. The van der Waals surface area contributed by atoms with Crippen LogP contribution in [-0.4, -0.2) is 39.8 Å². The zero-order chi connectivity index (χ0) is 13.8. The summed E-state index contributed by atoms with van der Waals surface area (Å²) in [6.45, 7) is 4.61. The number of hydrogen-bond donors (Lipinski definition) is 2. The van der Waals surface area contributed by atoms with E-state index in [1.165, 1.54) is 0 Å². The van der Waals surface area contributed by atoms with Gasteiger partial charge in [0, 0.05) is 24.9 Å². The second kappa shape index (κ2) is 5.86. The van der Waals surface area contributed by atoms with Crippen molar-refractivity contribution in [1.29, 1.82) is 0 Å². The SMILES string of the molecule is Cc1cnc([C@@H](C)NC(=O)CN2CCCCC2=O)[nH]1. The molecular formula is C13H20N4O2. The van der Waals surface area contributed by atoms with Crippen molar-refractivity contribution in [3.63, 3.8) is 0 Å². The Hall–Kier alpha value is -1.85. The summed E-state index contributed by atoms with van der Waals surface area (Å²) in [5.41, 5.74) is 0.960. The number of amides is 2. The molecule has 6 nitrogen and oxygen atoms in total. The molecule has 1 saturated heterocycles. The van der Waals surface area contributed by atoms with Gasteiger partial charge in [0.25, 0.3) is 0 Å². The van der Waals surface area contributed by atoms with Crippen molar-refractivity contribution >= 4 is 11.8 Å². The Morgan fingerprint density at radius 2 is 2.37 bits per heavy atom. The number of aromatic amines is 1. The van der Waals surface area contributed by atoms with Gasteiger partial charge in [0.15, 0.2) is 0 Å². The Bertz CT molecular complexity index is 469. The van der Waals surface area contributed by atoms with E-state index in [0.717, 1.165) is 24.4 Å². The lowest BCUT2D eigenvalue weighted by Crippen LogP contribution is -2.43. The third-order valence-corrected chi connectivity index (χ3v) is 3.27. The van der Waals surface area contributed by atoms with Crippen LogP contribution in [0.4, 0.5) is 0 Å². The Kier molecular flexibility index (Phi) is 4.19. The molecule has 6 heteroatoms. The summed E-state index contributed by atoms with van der Waals surface area (Å²) in [6.07, 6.45) is 4.19. The summed E-state index contributed by atoms with van der Waals surface area (Å²) < 4.78 is 0. The van der Waals surface area contributed by atoms with Crippen LogP contribution < -0.4 is 5.32 Å². The molecule has 0 spiro atoms. The number of piperidine rings is 1. The van der Waals surface area contributed by atoms with E-state index in [9.17, 15) is 9.59 Å². The van der Waals surface area contributed by atoms with Crippen molar-refractivity contribution in [2.75, 3.05) is 13.1 Å². The lowest BCUT2D eigenvalue weighted by atomic mass is 10.1. The third-order valence-electron chi connectivity index (χ3n) is 3.27. The Morgan fingerprint density at radius 1 is 1.58 bits per heavy atom. The first-order valence-corrected chi connectivity index (χ1v) is 6.65. The average Bonchev–Trinajstić information content (AvgIpc) is 2.79. The average molecular weight is 264 g/mol. The van der Waals surface area contributed by atoms with Crippen molar-refractivity contribution < 1.29 is 9.59 Å². The van der Waals surface area contributed by atoms with Crippen LogP contribution >= 0.6 is 0 Å². The number of rotatable bonds is 4. The molecule has 0 saturated carbocycles. The number of carbonyl (C=O) groups excluding carboxylic acids is 2. The fourth-order valence-corrected chi connectivity index (χ4v) is 2.21. The maximum absolute atomic E-state index is 11.9. The van der Waals surface area contributed by atoms with Crippen LogP contribution in [0.25, 0.3) is 0 Å². The Morgan fingerprint density at radius 3 is 3.00 bits per heavy atom. The molecule has 0 bridgehead atoms. The Balaban J connectivity index is 1.85. The van der Waals surface area contributed by atoms with Crippen molar-refractivity contribution in [3.05, 3.63) is 17.7 Å². The molecule has 19 heavy (non-hydrogen) atoms. The highest BCUT2D eigenvalue weighted by Gasteiger charge is 2.21. The van der Waals surface area contributed by atoms with Crippen LogP contribution in [0, 0.1) is 6.92 Å². The summed E-state index contributed by atoms with van der Waals surface area (Å²) in [5, 5.41) is 2.85. The van der Waals surface area contributed by atoms with Gasteiger partial charge in [-0.05, 0) is 26.7 Å². The zero-order valence-electron chi connectivity index (χ0n) is 11.4. The molecule has 0 radical (unpaired) electrons. The molecule has 0 unspecified atom stereocenters. The first-order chi connectivity index (χ1) is 9.06. The van der Waals surface area contributed by atoms with Gasteiger partial charge in [-0.1, -0.05) is 0 Å². The normalized spacial score (nSPS) is 17.4. The van der Waals surface area contributed by atoms with Gasteiger partial charge in [0.2, 0.25) is 11.8 Å². The van der Waals surface area contributed by atoms with E-state index in [1.54, 1.807) is 11.1 Å². The molecule has 1 aliphatic rings. The van der Waals surface area contributed by atoms with Crippen molar-refractivity contribution in [3.8, 4) is 0 Å². The molecule has 1 aromatic heterocycles. The molecule has 2 N–H and O–H groups in total. The maximum atomic E-state index is 11.9. The van der Waals surface area contributed by atoms with Crippen LogP contribution in [0.1, 0.15) is 43.7 Å². The number of carbonyl (C=O) groups is 2. The number of hydrogen-bond acceptors (Lipinski definition) is 3. The van der Waals surface area contributed by atoms with Gasteiger partial charge in [-0.2, -0.15) is 0 Å². The summed E-state index contributed by atoms with van der Waals surface area (Å²) in [4.78, 5) is 32.4. The number of nitrogens with zero attached hydrogens (tertiary/aromatic N) is 2. The highest BCUT2D eigenvalue weighted by atomic mass is 16.2. The van der Waals surface area contributed by atoms with Gasteiger partial charge >= 0.3 is 0 Å². The molecule has 1 atom stereocenters. The van der Waals surface area contributed by atoms with Crippen LogP contribution in [0.15, 0.2) is 6.20 Å². The predicted molar refractivity (Wildman–Crippen MR) is 70.3 cm³/mol. The summed E-state index contributed by atoms with van der Waals surface area (Å²) in [7, 11) is 0. The lowest BCUT2D eigenvalue weighted by Gasteiger charge is -2.26. The van der Waals surface area contributed by atoms with Gasteiger partial charge in [0.05, 0.1) is 12.6 Å². The van der Waals surface area contributed by atoms with Crippen LogP contribution in [0.3, 0.4) is 0 Å². The van der Waals surface area contributed by atoms with Crippen molar-refractivity contribution in [1.82, 2.24) is 20.2 Å². The Labute approximate surface area is 112 Å². The fourth-order valence-electron chi connectivity index (χ4n) is 2.21. The van der Waals surface area contributed by atoms with E-state index in [-0.39, 0.29) is 24.4 Å². The molecule has 1 fully saturated rings. The monoisotopic (exact) mass is 264 g/mol. The van der Waals surface area contributed by atoms with E-state index in [2.05, 4.69) is 15.3 Å². The largest absolute Gasteiger partial charge is 0.345 e. The van der Waals surface area contributed by atoms with Gasteiger partial charge in [0.1, 0.15) is 5.82 Å². The standard InChI is InChI=1S/C13H20N4O2/c1-9-7-14-13(15-9)10(2)16-11(18)8-17-6-4-3-5-12(17)19/h7,10H,3-6,8H2,1-2H3,(H,14,15)(H,16,18)/t10-/m1/s1. The molecule has 2 rings (SSSR count). The van der Waals surface area contributed by atoms with E-state index in [4.69, 9.17) is 0 Å². The molecule has 2 heterocycles. The number of H-pyrrole nitrogens is 1. The van der Waals surface area contributed by atoms with Gasteiger partial charge in [-0.15, -0.1) is 0 Å². The molecule has 1 aromatic rings. The quantitative estimate of drug-likeness (QED) is 0.848. The van der Waals surface area contributed by atoms with Gasteiger partial charge < -0.3 is 15.2 Å². The summed E-state index contributed by atoms with van der Waals surface area (Å²) >= 11 is 0. The van der Waals surface area contributed by atoms with Crippen LogP contribution in [0.5, 0.6) is 0 Å². The highest BCUT2D eigenvalue weighted by molar-refractivity contribution is 5.85. The predicted octanol–water partition coefficient (Wildman–Crippen LogP) is 0.908. The molecular weight excluding hydrogens is 244 g/mol. The number of imidazole rings is 1. The second-order valence-electron chi connectivity index (χ2n) is 5.01. The molecule has 0 aliphatic carbocycles. The first kappa shape index (κ1) is 13.6. The molecule has 104 valence electrons. The van der Waals surface area contributed by atoms with E-state index in [1.807, 2.05) is 13.8 Å². The number of likely N-dealkylation sites (tertiary alicyclic amines) is 1. The zero-order valence-corrected chi connectivity index (χ0v) is 11.4. The number of aryl methyl sites for hydroxylation is 1. The molecule has 2 amide bonds. The minimum Gasteiger partial charge on any atom is -0.345 e.